The number of nitrogens with zero attached hydrogens (tertiary/aromatic N) is 4. The van der Waals surface area contributed by atoms with E-state index in [9.17, 15) is 4.79 Å². The quantitative estimate of drug-likeness (QED) is 0.854. The Labute approximate surface area is 134 Å². The highest BCUT2D eigenvalue weighted by Gasteiger charge is 2.26. The maximum absolute atomic E-state index is 12.5. The summed E-state index contributed by atoms with van der Waals surface area (Å²) in [6, 6.07) is 1.73. The number of carbonyl (C=O) groups is 1. The Morgan fingerprint density at radius 2 is 2.35 bits per heavy atom. The van der Waals surface area contributed by atoms with Gasteiger partial charge in [0.2, 0.25) is 11.8 Å². The average molecular weight is 316 g/mol. The highest BCUT2D eigenvalue weighted by molar-refractivity contribution is 5.79. The molecule has 0 aliphatic carbocycles. The standard InChI is InChI=1S/C16H20N4O3/c1-11-14(12(2)23-19-11)8-16(21)20-7-3-4-13(9-20)22-15-5-6-17-10-18-15/h5-6,10,13H,3-4,7-9H2,1-2H3/t13-/m1/s1. The Hall–Kier alpha value is -2.44. The van der Waals surface area contributed by atoms with Crippen LogP contribution in [0.5, 0.6) is 5.88 Å². The molecule has 2 aromatic heterocycles. The monoisotopic (exact) mass is 316 g/mol. The molecule has 1 aliphatic heterocycles. The number of ether oxygens (including phenoxy) is 1. The van der Waals surface area contributed by atoms with Crippen molar-refractivity contribution < 1.29 is 14.1 Å². The molecular formula is C16H20N4O3. The Balaban J connectivity index is 1.61. The van der Waals surface area contributed by atoms with Crippen LogP contribution in [0, 0.1) is 13.8 Å². The highest BCUT2D eigenvalue weighted by Crippen LogP contribution is 2.19. The zero-order valence-electron chi connectivity index (χ0n) is 13.4. The van der Waals surface area contributed by atoms with Gasteiger partial charge in [-0.25, -0.2) is 9.97 Å². The van der Waals surface area contributed by atoms with Crippen LogP contribution in [-0.4, -0.2) is 45.1 Å². The maximum Gasteiger partial charge on any atom is 0.227 e. The largest absolute Gasteiger partial charge is 0.472 e. The lowest BCUT2D eigenvalue weighted by Crippen LogP contribution is -2.45. The van der Waals surface area contributed by atoms with E-state index >= 15 is 0 Å². The number of likely N-dealkylation sites (tertiary alicyclic amines) is 1. The van der Waals surface area contributed by atoms with E-state index in [-0.39, 0.29) is 12.0 Å². The molecule has 23 heavy (non-hydrogen) atoms. The predicted molar refractivity (Wildman–Crippen MR) is 81.9 cm³/mol. The smallest absolute Gasteiger partial charge is 0.227 e. The van der Waals surface area contributed by atoms with Crippen LogP contribution in [0.4, 0.5) is 0 Å². The van der Waals surface area contributed by atoms with Crippen LogP contribution in [0.1, 0.15) is 29.9 Å². The minimum absolute atomic E-state index is 0.0349. The first-order chi connectivity index (χ1) is 11.1. The summed E-state index contributed by atoms with van der Waals surface area (Å²) in [6.45, 7) is 5.02. The van der Waals surface area contributed by atoms with Crippen molar-refractivity contribution in [3.05, 3.63) is 35.6 Å². The summed E-state index contributed by atoms with van der Waals surface area (Å²) < 4.78 is 11.0. The predicted octanol–water partition coefficient (Wildman–Crippen LogP) is 1.69. The van der Waals surface area contributed by atoms with Crippen molar-refractivity contribution in [1.82, 2.24) is 20.0 Å². The lowest BCUT2D eigenvalue weighted by atomic mass is 10.1. The van der Waals surface area contributed by atoms with Crippen LogP contribution >= 0.6 is 0 Å². The second-order valence-corrected chi connectivity index (χ2v) is 5.75. The number of amides is 1. The van der Waals surface area contributed by atoms with E-state index in [1.807, 2.05) is 18.7 Å². The van der Waals surface area contributed by atoms with Gasteiger partial charge in [0, 0.05) is 24.4 Å². The van der Waals surface area contributed by atoms with Gasteiger partial charge in [0.05, 0.1) is 18.7 Å². The van der Waals surface area contributed by atoms with E-state index in [0.29, 0.717) is 24.6 Å². The van der Waals surface area contributed by atoms with Gasteiger partial charge >= 0.3 is 0 Å². The summed E-state index contributed by atoms with van der Waals surface area (Å²) in [5.74, 6) is 1.34. The third-order valence-corrected chi connectivity index (χ3v) is 4.08. The van der Waals surface area contributed by atoms with Crippen molar-refractivity contribution >= 4 is 5.91 Å². The van der Waals surface area contributed by atoms with E-state index in [0.717, 1.165) is 30.6 Å². The minimum Gasteiger partial charge on any atom is -0.472 e. The number of piperidine rings is 1. The Bertz CT molecular complexity index is 652. The summed E-state index contributed by atoms with van der Waals surface area (Å²) in [6.07, 6.45) is 5.22. The fourth-order valence-corrected chi connectivity index (χ4v) is 2.80. The van der Waals surface area contributed by atoms with Gasteiger partial charge in [0.25, 0.3) is 0 Å². The number of hydrogen-bond acceptors (Lipinski definition) is 6. The summed E-state index contributed by atoms with van der Waals surface area (Å²) in [7, 11) is 0. The normalized spacial score (nSPS) is 18.0. The molecule has 122 valence electrons. The van der Waals surface area contributed by atoms with Gasteiger partial charge in [-0.3, -0.25) is 4.79 Å². The van der Waals surface area contributed by atoms with Crippen LogP contribution in [-0.2, 0) is 11.2 Å². The molecule has 7 nitrogen and oxygen atoms in total. The van der Waals surface area contributed by atoms with Crippen molar-refractivity contribution in [2.45, 2.75) is 39.2 Å². The molecule has 7 heteroatoms. The van der Waals surface area contributed by atoms with Crippen LogP contribution in [0.25, 0.3) is 0 Å². The third-order valence-electron chi connectivity index (χ3n) is 4.08. The van der Waals surface area contributed by atoms with E-state index in [4.69, 9.17) is 9.26 Å². The molecule has 3 heterocycles. The van der Waals surface area contributed by atoms with Gasteiger partial charge in [0.1, 0.15) is 18.2 Å². The molecule has 0 spiro atoms. The first-order valence-electron chi connectivity index (χ1n) is 7.75. The van der Waals surface area contributed by atoms with Gasteiger partial charge in [-0.15, -0.1) is 0 Å². The van der Waals surface area contributed by atoms with E-state index in [2.05, 4.69) is 15.1 Å². The molecular weight excluding hydrogens is 296 g/mol. The Kier molecular flexibility index (Phi) is 4.55. The fraction of sp³-hybridized carbons (Fsp3) is 0.500. The van der Waals surface area contributed by atoms with Gasteiger partial charge in [0.15, 0.2) is 0 Å². The minimum atomic E-state index is -0.0349. The second-order valence-electron chi connectivity index (χ2n) is 5.75. The van der Waals surface area contributed by atoms with Crippen molar-refractivity contribution in [2.75, 3.05) is 13.1 Å². The van der Waals surface area contributed by atoms with Gasteiger partial charge in [-0.2, -0.15) is 0 Å². The molecule has 0 unspecified atom stereocenters. The molecule has 2 aromatic rings. The first-order valence-corrected chi connectivity index (χ1v) is 7.75. The molecule has 0 aromatic carbocycles. The van der Waals surface area contributed by atoms with Crippen LogP contribution in [0.15, 0.2) is 23.1 Å². The maximum atomic E-state index is 12.5. The Morgan fingerprint density at radius 3 is 3.04 bits per heavy atom. The number of carbonyl (C=O) groups excluding carboxylic acids is 1. The summed E-state index contributed by atoms with van der Waals surface area (Å²) >= 11 is 0. The van der Waals surface area contributed by atoms with Gasteiger partial charge in [-0.05, 0) is 26.7 Å². The number of aryl methyl sites for hydroxylation is 2. The molecule has 0 bridgehead atoms. The SMILES string of the molecule is Cc1noc(C)c1CC(=O)N1CCC[C@@H](Oc2ccncn2)C1. The van der Waals surface area contributed by atoms with Crippen molar-refractivity contribution in [3.8, 4) is 5.88 Å². The summed E-state index contributed by atoms with van der Waals surface area (Å²) in [5, 5.41) is 3.90. The first kappa shape index (κ1) is 15.5. The fourth-order valence-electron chi connectivity index (χ4n) is 2.80. The molecule has 3 rings (SSSR count). The molecule has 1 saturated heterocycles. The molecule has 0 N–H and O–H groups in total. The second kappa shape index (κ2) is 6.76. The average Bonchev–Trinajstić information content (AvgIpc) is 2.88. The van der Waals surface area contributed by atoms with Crippen molar-refractivity contribution in [3.63, 3.8) is 0 Å². The van der Waals surface area contributed by atoms with Crippen LogP contribution < -0.4 is 4.74 Å². The molecule has 1 fully saturated rings. The van der Waals surface area contributed by atoms with Gasteiger partial charge < -0.3 is 14.2 Å². The van der Waals surface area contributed by atoms with Crippen LogP contribution in [0.3, 0.4) is 0 Å². The molecule has 0 saturated carbocycles. The van der Waals surface area contributed by atoms with E-state index in [1.165, 1.54) is 6.33 Å². The van der Waals surface area contributed by atoms with E-state index < -0.39 is 0 Å². The van der Waals surface area contributed by atoms with E-state index in [1.54, 1.807) is 12.3 Å². The third kappa shape index (κ3) is 3.67. The summed E-state index contributed by atoms with van der Waals surface area (Å²) in [5.41, 5.74) is 1.66. The lowest BCUT2D eigenvalue weighted by Gasteiger charge is -2.32. The number of rotatable bonds is 4. The van der Waals surface area contributed by atoms with Crippen molar-refractivity contribution in [1.29, 1.82) is 0 Å². The molecule has 1 aliphatic rings. The topological polar surface area (TPSA) is 81.4 Å². The zero-order chi connectivity index (χ0) is 16.2. The van der Waals surface area contributed by atoms with Gasteiger partial charge in [-0.1, -0.05) is 5.16 Å². The molecule has 1 atom stereocenters. The number of hydrogen-bond donors (Lipinski definition) is 0. The highest BCUT2D eigenvalue weighted by atomic mass is 16.5. The van der Waals surface area contributed by atoms with Crippen LogP contribution in [0.2, 0.25) is 0 Å². The Morgan fingerprint density at radius 1 is 1.48 bits per heavy atom. The van der Waals surface area contributed by atoms with Crippen molar-refractivity contribution in [2.24, 2.45) is 0 Å². The number of aromatic nitrogens is 3. The lowest BCUT2D eigenvalue weighted by molar-refractivity contribution is -0.133. The molecule has 1 amide bonds. The summed E-state index contributed by atoms with van der Waals surface area (Å²) in [4.78, 5) is 22.3. The molecule has 0 radical (unpaired) electrons. The zero-order valence-corrected chi connectivity index (χ0v) is 13.4.